The molecule has 0 heterocycles. The van der Waals surface area contributed by atoms with E-state index in [1.165, 1.54) is 6.92 Å². The van der Waals surface area contributed by atoms with Crippen molar-refractivity contribution in [3.63, 3.8) is 0 Å². The second-order valence-corrected chi connectivity index (χ2v) is 4.56. The minimum absolute atomic E-state index is 0.0102. The van der Waals surface area contributed by atoms with Crippen LogP contribution >= 0.6 is 0 Å². The average Bonchev–Trinajstić information content (AvgIpc) is 2.23. The summed E-state index contributed by atoms with van der Waals surface area (Å²) in [6, 6.07) is 0. The van der Waals surface area contributed by atoms with E-state index in [9.17, 15) is 9.59 Å². The lowest BCUT2D eigenvalue weighted by atomic mass is 9.60. The maximum atomic E-state index is 12.1. The first-order chi connectivity index (χ1) is 7.59. The maximum Gasteiger partial charge on any atom is 0.147 e. The molecule has 2 nitrogen and oxygen atoms in total. The highest BCUT2D eigenvalue weighted by Gasteiger charge is 2.49. The van der Waals surface area contributed by atoms with E-state index in [1.807, 2.05) is 6.08 Å². The Hall–Kier alpha value is -1.18. The van der Waals surface area contributed by atoms with Gasteiger partial charge in [0, 0.05) is 6.42 Å². The van der Waals surface area contributed by atoms with Crippen LogP contribution in [-0.4, -0.2) is 11.6 Å². The first-order valence-electron chi connectivity index (χ1n) is 5.85. The smallest absolute Gasteiger partial charge is 0.147 e. The van der Waals surface area contributed by atoms with E-state index in [1.54, 1.807) is 6.08 Å². The number of carbonyl (C=O) groups excluding carboxylic acids is 2. The highest BCUT2D eigenvalue weighted by Crippen LogP contribution is 2.44. The second-order valence-electron chi connectivity index (χ2n) is 4.56. The van der Waals surface area contributed by atoms with Crippen molar-refractivity contribution in [2.45, 2.75) is 39.0 Å². The van der Waals surface area contributed by atoms with Crippen molar-refractivity contribution in [2.75, 3.05) is 0 Å². The molecule has 0 saturated heterocycles. The topological polar surface area (TPSA) is 34.1 Å². The molecular formula is C14H20O2. The van der Waals surface area contributed by atoms with Gasteiger partial charge in [0.05, 0.1) is 5.41 Å². The van der Waals surface area contributed by atoms with Crippen LogP contribution in [0.1, 0.15) is 39.0 Å². The fourth-order valence-corrected chi connectivity index (χ4v) is 2.86. The molecule has 16 heavy (non-hydrogen) atoms. The molecule has 1 rings (SSSR count). The summed E-state index contributed by atoms with van der Waals surface area (Å²) in [7, 11) is 0. The van der Waals surface area contributed by atoms with Crippen LogP contribution in [0.5, 0.6) is 0 Å². The quantitative estimate of drug-likeness (QED) is 0.527. The van der Waals surface area contributed by atoms with Crippen molar-refractivity contribution in [2.24, 2.45) is 11.3 Å². The Morgan fingerprint density at radius 1 is 1.50 bits per heavy atom. The number of hydrogen-bond acceptors (Lipinski definition) is 2. The summed E-state index contributed by atoms with van der Waals surface area (Å²) in [5.74, 6) is 0.198. The molecule has 0 aromatic heterocycles. The van der Waals surface area contributed by atoms with E-state index in [0.717, 1.165) is 19.3 Å². The number of ketones is 2. The zero-order valence-corrected chi connectivity index (χ0v) is 10.00. The molecule has 0 aromatic rings. The highest BCUT2D eigenvalue weighted by atomic mass is 16.2. The van der Waals surface area contributed by atoms with Crippen LogP contribution in [-0.2, 0) is 9.59 Å². The van der Waals surface area contributed by atoms with Crippen LogP contribution in [0.25, 0.3) is 0 Å². The number of Topliss-reactive ketones (excluding diaryl/α,β-unsaturated/α-hetero) is 2. The van der Waals surface area contributed by atoms with Gasteiger partial charge in [-0.1, -0.05) is 12.2 Å². The van der Waals surface area contributed by atoms with Crippen molar-refractivity contribution in [3.8, 4) is 0 Å². The SMILES string of the molecule is C=CCC1CCCC(=O)C1(CC=C)C(C)=O. The minimum atomic E-state index is -0.811. The first kappa shape index (κ1) is 12.9. The molecule has 2 atom stereocenters. The van der Waals surface area contributed by atoms with Crippen LogP contribution < -0.4 is 0 Å². The molecule has 88 valence electrons. The number of carbonyl (C=O) groups is 2. The van der Waals surface area contributed by atoms with Gasteiger partial charge in [-0.15, -0.1) is 13.2 Å². The Balaban J connectivity index is 3.12. The van der Waals surface area contributed by atoms with Gasteiger partial charge in [0.1, 0.15) is 11.6 Å². The van der Waals surface area contributed by atoms with E-state index in [2.05, 4.69) is 13.2 Å². The molecule has 1 saturated carbocycles. The van der Waals surface area contributed by atoms with E-state index < -0.39 is 5.41 Å². The van der Waals surface area contributed by atoms with Crippen molar-refractivity contribution in [1.82, 2.24) is 0 Å². The Morgan fingerprint density at radius 2 is 2.19 bits per heavy atom. The monoisotopic (exact) mass is 220 g/mol. The summed E-state index contributed by atoms with van der Waals surface area (Å²) in [6.07, 6.45) is 7.07. The van der Waals surface area contributed by atoms with Crippen LogP contribution in [0.4, 0.5) is 0 Å². The number of rotatable bonds is 5. The molecule has 1 aliphatic rings. The molecule has 0 aromatic carbocycles. The zero-order valence-electron chi connectivity index (χ0n) is 10.00. The van der Waals surface area contributed by atoms with E-state index in [-0.39, 0.29) is 17.5 Å². The van der Waals surface area contributed by atoms with Crippen LogP contribution in [0, 0.1) is 11.3 Å². The second kappa shape index (κ2) is 5.24. The summed E-state index contributed by atoms with van der Waals surface area (Å²) in [5.41, 5.74) is -0.811. The largest absolute Gasteiger partial charge is 0.299 e. The van der Waals surface area contributed by atoms with Gasteiger partial charge >= 0.3 is 0 Å². The lowest BCUT2D eigenvalue weighted by molar-refractivity contribution is -0.146. The summed E-state index contributed by atoms with van der Waals surface area (Å²) in [6.45, 7) is 8.93. The van der Waals surface area contributed by atoms with Gasteiger partial charge in [-0.05, 0) is 38.5 Å². The third-order valence-electron chi connectivity index (χ3n) is 3.70. The summed E-state index contributed by atoms with van der Waals surface area (Å²) in [4.78, 5) is 24.0. The van der Waals surface area contributed by atoms with Crippen LogP contribution in [0.2, 0.25) is 0 Å². The standard InChI is InChI=1S/C14H20O2/c1-4-7-12-8-6-9-13(16)14(12,10-5-2)11(3)15/h4-5,12H,1-2,6-10H2,3H3. The van der Waals surface area contributed by atoms with Gasteiger partial charge in [0.2, 0.25) is 0 Å². The molecule has 0 radical (unpaired) electrons. The molecular weight excluding hydrogens is 200 g/mol. The van der Waals surface area contributed by atoms with Gasteiger partial charge in [-0.2, -0.15) is 0 Å². The summed E-state index contributed by atoms with van der Waals surface area (Å²) in [5, 5.41) is 0. The van der Waals surface area contributed by atoms with E-state index in [4.69, 9.17) is 0 Å². The average molecular weight is 220 g/mol. The predicted octanol–water partition coefficient (Wildman–Crippen LogP) is 3.08. The molecule has 1 fully saturated rings. The third-order valence-corrected chi connectivity index (χ3v) is 3.70. The summed E-state index contributed by atoms with van der Waals surface area (Å²) < 4.78 is 0. The molecule has 0 N–H and O–H groups in total. The highest BCUT2D eigenvalue weighted by molar-refractivity contribution is 6.07. The summed E-state index contributed by atoms with van der Waals surface area (Å²) >= 11 is 0. The van der Waals surface area contributed by atoms with Gasteiger partial charge in [0.15, 0.2) is 0 Å². The van der Waals surface area contributed by atoms with Crippen LogP contribution in [0.3, 0.4) is 0 Å². The lowest BCUT2D eigenvalue weighted by Crippen LogP contribution is -2.46. The Labute approximate surface area is 97.4 Å². The van der Waals surface area contributed by atoms with E-state index in [0.29, 0.717) is 12.8 Å². The van der Waals surface area contributed by atoms with Crippen molar-refractivity contribution in [1.29, 1.82) is 0 Å². The van der Waals surface area contributed by atoms with Crippen LogP contribution in [0.15, 0.2) is 25.3 Å². The normalized spacial score (nSPS) is 29.8. The van der Waals surface area contributed by atoms with Gasteiger partial charge in [0.25, 0.3) is 0 Å². The van der Waals surface area contributed by atoms with Crippen molar-refractivity contribution < 1.29 is 9.59 Å². The Bertz CT molecular complexity index is 317. The Morgan fingerprint density at radius 3 is 2.69 bits per heavy atom. The third kappa shape index (κ3) is 2.01. The van der Waals surface area contributed by atoms with Crippen molar-refractivity contribution >= 4 is 11.6 Å². The fraction of sp³-hybridized carbons (Fsp3) is 0.571. The maximum absolute atomic E-state index is 12.1. The van der Waals surface area contributed by atoms with Gasteiger partial charge < -0.3 is 0 Å². The van der Waals surface area contributed by atoms with E-state index >= 15 is 0 Å². The molecule has 2 unspecified atom stereocenters. The molecule has 0 spiro atoms. The van der Waals surface area contributed by atoms with Crippen molar-refractivity contribution in [3.05, 3.63) is 25.3 Å². The Kier molecular flexibility index (Phi) is 4.22. The van der Waals surface area contributed by atoms with Gasteiger partial charge in [-0.25, -0.2) is 0 Å². The predicted molar refractivity (Wildman–Crippen MR) is 65.1 cm³/mol. The molecule has 0 aliphatic heterocycles. The molecule has 2 heteroatoms. The first-order valence-corrected chi connectivity index (χ1v) is 5.85. The molecule has 1 aliphatic carbocycles. The fourth-order valence-electron chi connectivity index (χ4n) is 2.86. The van der Waals surface area contributed by atoms with Gasteiger partial charge in [-0.3, -0.25) is 9.59 Å². The number of hydrogen-bond donors (Lipinski definition) is 0. The molecule has 0 bridgehead atoms. The minimum Gasteiger partial charge on any atom is -0.299 e. The zero-order chi connectivity index (χ0) is 12.2. The number of allylic oxidation sites excluding steroid dienone is 2. The lowest BCUT2D eigenvalue weighted by Gasteiger charge is -2.40. The molecule has 0 amide bonds.